The number of aliphatic hydroxyl groups excluding tert-OH is 1. The maximum atomic E-state index is 13.5. The third-order valence-electron chi connectivity index (χ3n) is 2.82. The molecule has 0 bridgehead atoms. The van der Waals surface area contributed by atoms with Crippen LogP contribution < -0.4 is 15.9 Å². The summed E-state index contributed by atoms with van der Waals surface area (Å²) < 4.78 is 29.8. The zero-order chi connectivity index (χ0) is 13.1. The Morgan fingerprint density at radius 2 is 2.28 bits per heavy atom. The Hall–Kier alpha value is -1.15. The van der Waals surface area contributed by atoms with Gasteiger partial charge in [-0.05, 0) is 19.2 Å². The van der Waals surface area contributed by atoms with Crippen molar-refractivity contribution in [3.05, 3.63) is 23.5 Å². The first-order valence-corrected chi connectivity index (χ1v) is 5.69. The lowest BCUT2D eigenvalue weighted by atomic mass is 9.78. The monoisotopic (exact) mass is 255 g/mol. The largest absolute Gasteiger partial charge is 0.498 e. The van der Waals surface area contributed by atoms with Crippen LogP contribution in [0.15, 0.2) is 12.1 Å². The van der Waals surface area contributed by atoms with Gasteiger partial charge in [0.25, 0.3) is 0 Å². The van der Waals surface area contributed by atoms with Crippen LogP contribution in [0.2, 0.25) is 0 Å². The number of hydrogen-bond donors (Lipinski definition) is 2. The van der Waals surface area contributed by atoms with Gasteiger partial charge in [0.15, 0.2) is 0 Å². The van der Waals surface area contributed by atoms with Gasteiger partial charge in [-0.2, -0.15) is 0 Å². The molecule has 7 heteroatoms. The van der Waals surface area contributed by atoms with E-state index < -0.39 is 13.2 Å². The van der Waals surface area contributed by atoms with Crippen molar-refractivity contribution >= 4 is 12.6 Å². The highest BCUT2D eigenvalue weighted by atomic mass is 19.1. The number of nitrogens with two attached hydrogens (primary N) is 1. The minimum absolute atomic E-state index is 0.147. The van der Waals surface area contributed by atoms with E-state index in [1.165, 1.54) is 13.1 Å². The van der Waals surface area contributed by atoms with E-state index in [2.05, 4.69) is 5.73 Å². The van der Waals surface area contributed by atoms with E-state index in [0.29, 0.717) is 16.8 Å². The van der Waals surface area contributed by atoms with Crippen LogP contribution in [-0.2, 0) is 15.9 Å². The molecule has 18 heavy (non-hydrogen) atoms. The van der Waals surface area contributed by atoms with Gasteiger partial charge < -0.3 is 24.9 Å². The Balaban J connectivity index is 0.000000574. The molecule has 2 aliphatic heterocycles. The molecule has 0 saturated carbocycles. The average Bonchev–Trinajstić information content (AvgIpc) is 2.75. The van der Waals surface area contributed by atoms with Crippen molar-refractivity contribution in [2.24, 2.45) is 5.73 Å². The second-order valence-corrected chi connectivity index (χ2v) is 3.83. The number of ether oxygens (including phenoxy) is 1. The minimum Gasteiger partial charge on any atom is -0.491 e. The maximum Gasteiger partial charge on any atom is 0.498 e. The fourth-order valence-corrected chi connectivity index (χ4v) is 1.99. The zero-order valence-electron chi connectivity index (χ0n) is 10.1. The van der Waals surface area contributed by atoms with Gasteiger partial charge in [0.2, 0.25) is 0 Å². The number of benzene rings is 1. The van der Waals surface area contributed by atoms with Crippen molar-refractivity contribution in [3.63, 3.8) is 0 Å². The summed E-state index contributed by atoms with van der Waals surface area (Å²) in [5.74, 6) is 0.269. The molecule has 0 amide bonds. The van der Waals surface area contributed by atoms with Crippen LogP contribution in [0.4, 0.5) is 4.39 Å². The third-order valence-corrected chi connectivity index (χ3v) is 2.82. The van der Waals surface area contributed by atoms with Gasteiger partial charge in [0.1, 0.15) is 24.3 Å². The van der Waals surface area contributed by atoms with Crippen LogP contribution in [0.25, 0.3) is 0 Å². The van der Waals surface area contributed by atoms with E-state index in [1.54, 1.807) is 6.07 Å². The third kappa shape index (κ3) is 2.22. The smallest absolute Gasteiger partial charge is 0.491 e. The van der Waals surface area contributed by atoms with Crippen molar-refractivity contribution in [2.45, 2.75) is 12.7 Å². The highest BCUT2D eigenvalue weighted by molar-refractivity contribution is 6.64. The molecule has 2 aliphatic rings. The topological polar surface area (TPSA) is 73.9 Å². The summed E-state index contributed by atoms with van der Waals surface area (Å²) in [6.07, 6.45) is -0.439. The molecule has 0 spiro atoms. The van der Waals surface area contributed by atoms with Gasteiger partial charge in [0.05, 0.1) is 13.2 Å². The minimum atomic E-state index is -0.625. The summed E-state index contributed by atoms with van der Waals surface area (Å²) in [7, 11) is 0.875. The zero-order valence-corrected chi connectivity index (χ0v) is 10.1. The molecule has 3 rings (SSSR count). The van der Waals surface area contributed by atoms with Crippen molar-refractivity contribution in [1.82, 2.24) is 0 Å². The molecule has 0 fully saturated rings. The quantitative estimate of drug-likeness (QED) is 0.655. The van der Waals surface area contributed by atoms with E-state index in [0.717, 1.165) is 0 Å². The first-order chi connectivity index (χ1) is 8.79. The summed E-state index contributed by atoms with van der Waals surface area (Å²) in [4.78, 5) is 0. The van der Waals surface area contributed by atoms with E-state index >= 15 is 0 Å². The number of rotatable bonds is 1. The summed E-state index contributed by atoms with van der Waals surface area (Å²) in [6, 6.07) is 2.93. The second kappa shape index (κ2) is 5.66. The molecular formula is C11H15BFNO4. The van der Waals surface area contributed by atoms with Crippen LogP contribution in [-0.4, -0.2) is 38.6 Å². The molecule has 0 aliphatic carbocycles. The maximum absolute atomic E-state index is 13.5. The molecule has 5 nitrogen and oxygen atoms in total. The van der Waals surface area contributed by atoms with E-state index in [4.69, 9.17) is 19.2 Å². The lowest BCUT2D eigenvalue weighted by molar-refractivity contribution is 0.0569. The summed E-state index contributed by atoms with van der Waals surface area (Å²) in [5, 5.41) is 9.05. The molecule has 0 unspecified atom stereocenters. The number of aliphatic hydroxyl groups is 1. The van der Waals surface area contributed by atoms with Crippen LogP contribution in [0.3, 0.4) is 0 Å². The van der Waals surface area contributed by atoms with Crippen LogP contribution >= 0.6 is 0 Å². The molecule has 1 atom stereocenters. The van der Waals surface area contributed by atoms with Crippen molar-refractivity contribution in [2.75, 3.05) is 20.3 Å². The fourth-order valence-electron chi connectivity index (χ4n) is 1.99. The Morgan fingerprint density at radius 1 is 1.50 bits per heavy atom. The van der Waals surface area contributed by atoms with Crippen LogP contribution in [0.1, 0.15) is 5.56 Å². The molecular weight excluding hydrogens is 240 g/mol. The molecule has 1 aromatic rings. The second-order valence-electron chi connectivity index (χ2n) is 3.83. The molecule has 0 aromatic heterocycles. The Bertz CT molecular complexity index is 432. The number of halogens is 1. The van der Waals surface area contributed by atoms with Gasteiger partial charge >= 0.3 is 7.12 Å². The van der Waals surface area contributed by atoms with Gasteiger partial charge in [-0.1, -0.05) is 0 Å². The van der Waals surface area contributed by atoms with Crippen LogP contribution in [0.5, 0.6) is 5.75 Å². The lowest BCUT2D eigenvalue weighted by Gasteiger charge is -2.13. The molecule has 98 valence electrons. The van der Waals surface area contributed by atoms with Gasteiger partial charge in [-0.3, -0.25) is 0 Å². The SMILES string of the molecule is CN.OC[C@@H]1COc2ccc(F)c3c2B(OC3)O1. The van der Waals surface area contributed by atoms with Gasteiger partial charge in [0, 0.05) is 11.0 Å². The molecule has 2 heterocycles. The molecule has 0 radical (unpaired) electrons. The van der Waals surface area contributed by atoms with E-state index in [-0.39, 0.29) is 25.6 Å². The average molecular weight is 255 g/mol. The predicted molar refractivity (Wildman–Crippen MR) is 64.1 cm³/mol. The van der Waals surface area contributed by atoms with Crippen molar-refractivity contribution < 1.29 is 23.5 Å². The van der Waals surface area contributed by atoms with Crippen LogP contribution in [0, 0.1) is 5.82 Å². The number of hydrogen-bond acceptors (Lipinski definition) is 5. The Morgan fingerprint density at radius 3 is 3.00 bits per heavy atom. The molecule has 0 saturated heterocycles. The highest BCUT2D eigenvalue weighted by Gasteiger charge is 2.40. The van der Waals surface area contributed by atoms with Gasteiger partial charge in [-0.15, -0.1) is 0 Å². The predicted octanol–water partition coefficient (Wildman–Crippen LogP) is -0.604. The first kappa shape index (κ1) is 13.3. The van der Waals surface area contributed by atoms with Crippen molar-refractivity contribution in [3.8, 4) is 5.75 Å². The van der Waals surface area contributed by atoms with Crippen molar-refractivity contribution in [1.29, 1.82) is 0 Å². The van der Waals surface area contributed by atoms with E-state index in [9.17, 15) is 4.39 Å². The Labute approximate surface area is 105 Å². The molecule has 1 aromatic carbocycles. The first-order valence-electron chi connectivity index (χ1n) is 5.69. The lowest BCUT2D eigenvalue weighted by Crippen LogP contribution is -2.36. The fraction of sp³-hybridized carbons (Fsp3) is 0.455. The highest BCUT2D eigenvalue weighted by Crippen LogP contribution is 2.25. The standard InChI is InChI=1S/C10H10BFO4.CH5N/c12-8-1-2-9-10-7(8)5-15-11(10)16-6(3-13)4-14-9;1-2/h1-2,6,13H,3-5H2;2H2,1H3/t6-;/m1./s1. The summed E-state index contributed by atoms with van der Waals surface area (Å²) in [5.41, 5.74) is 5.61. The Kier molecular flexibility index (Phi) is 4.18. The summed E-state index contributed by atoms with van der Waals surface area (Å²) in [6.45, 7) is 0.279. The van der Waals surface area contributed by atoms with E-state index in [1.807, 2.05) is 0 Å². The summed E-state index contributed by atoms with van der Waals surface area (Å²) >= 11 is 0. The molecule has 3 N–H and O–H groups in total. The van der Waals surface area contributed by atoms with Gasteiger partial charge in [-0.25, -0.2) is 4.39 Å². The normalized spacial score (nSPS) is 20.4.